The second-order valence-electron chi connectivity index (χ2n) is 9.35. The van der Waals surface area contributed by atoms with Gasteiger partial charge in [-0.2, -0.15) is 5.10 Å². The summed E-state index contributed by atoms with van der Waals surface area (Å²) in [6.45, 7) is 13.5. The molecule has 1 aromatic heterocycles. The number of benzene rings is 2. The molecule has 3 rings (SSSR count). The maximum absolute atomic E-state index is 10.6. The van der Waals surface area contributed by atoms with Crippen molar-refractivity contribution in [3.8, 4) is 17.3 Å². The molecule has 0 spiro atoms. The quantitative estimate of drug-likeness (QED) is 0.360. The van der Waals surface area contributed by atoms with Crippen molar-refractivity contribution in [2.75, 3.05) is 26.3 Å². The smallest absolute Gasteiger partial charge is 0.227 e. The largest absolute Gasteiger partial charge is 0.439 e. The first-order valence-electron chi connectivity index (χ1n) is 12.2. The summed E-state index contributed by atoms with van der Waals surface area (Å²) in [4.78, 5) is 2.25. The number of ether oxygens (including phenoxy) is 2. The number of aryl methyl sites for hydroxylation is 2. The van der Waals surface area contributed by atoms with Gasteiger partial charge in [0.2, 0.25) is 5.88 Å². The van der Waals surface area contributed by atoms with Crippen molar-refractivity contribution in [2.24, 2.45) is 5.92 Å². The minimum atomic E-state index is -0.545. The summed E-state index contributed by atoms with van der Waals surface area (Å²) in [5, 5.41) is 15.4. The van der Waals surface area contributed by atoms with E-state index in [9.17, 15) is 5.11 Å². The molecular formula is C28H39N3O3. The summed E-state index contributed by atoms with van der Waals surface area (Å²) >= 11 is 0. The highest BCUT2D eigenvalue weighted by Gasteiger charge is 2.22. The molecule has 0 saturated carbocycles. The summed E-state index contributed by atoms with van der Waals surface area (Å²) in [5.41, 5.74) is 4.07. The molecule has 34 heavy (non-hydrogen) atoms. The van der Waals surface area contributed by atoms with Crippen molar-refractivity contribution < 1.29 is 14.6 Å². The number of para-hydroxylation sites is 1. The predicted octanol–water partition coefficient (Wildman–Crippen LogP) is 5.53. The van der Waals surface area contributed by atoms with E-state index in [1.165, 1.54) is 5.56 Å². The van der Waals surface area contributed by atoms with E-state index in [1.54, 1.807) is 0 Å². The lowest BCUT2D eigenvalue weighted by Crippen LogP contribution is -2.35. The Morgan fingerprint density at radius 3 is 2.35 bits per heavy atom. The second-order valence-corrected chi connectivity index (χ2v) is 9.35. The fraction of sp³-hybridized carbons (Fsp3) is 0.464. The molecule has 0 unspecified atom stereocenters. The Balaban J connectivity index is 1.87. The van der Waals surface area contributed by atoms with Crippen LogP contribution >= 0.6 is 0 Å². The minimum absolute atomic E-state index is 0.341. The molecule has 0 aliphatic carbocycles. The monoisotopic (exact) mass is 465 g/mol. The van der Waals surface area contributed by atoms with Crippen LogP contribution in [0.1, 0.15) is 44.0 Å². The van der Waals surface area contributed by atoms with Crippen molar-refractivity contribution in [2.45, 2.75) is 53.7 Å². The van der Waals surface area contributed by atoms with Gasteiger partial charge >= 0.3 is 0 Å². The number of aromatic nitrogens is 2. The van der Waals surface area contributed by atoms with Crippen molar-refractivity contribution in [1.82, 2.24) is 14.7 Å². The van der Waals surface area contributed by atoms with Crippen LogP contribution in [-0.4, -0.2) is 52.2 Å². The predicted molar refractivity (Wildman–Crippen MR) is 137 cm³/mol. The number of rotatable bonds is 13. The van der Waals surface area contributed by atoms with E-state index in [0.717, 1.165) is 35.7 Å². The number of hydrogen-bond donors (Lipinski definition) is 1. The number of nitrogens with zero attached hydrogens (tertiary/aromatic N) is 3. The molecule has 6 heteroatoms. The molecule has 0 amide bonds. The van der Waals surface area contributed by atoms with Crippen molar-refractivity contribution in [1.29, 1.82) is 0 Å². The van der Waals surface area contributed by atoms with Crippen LogP contribution in [0.25, 0.3) is 5.69 Å². The van der Waals surface area contributed by atoms with Gasteiger partial charge in [-0.15, -0.1) is 0 Å². The first kappa shape index (κ1) is 25.9. The molecule has 0 saturated heterocycles. The van der Waals surface area contributed by atoms with Crippen LogP contribution in [0.15, 0.2) is 54.6 Å². The summed E-state index contributed by atoms with van der Waals surface area (Å²) < 4.78 is 14.0. The highest BCUT2D eigenvalue weighted by molar-refractivity contribution is 5.43. The highest BCUT2D eigenvalue weighted by atomic mass is 16.5. The van der Waals surface area contributed by atoms with Gasteiger partial charge in [0.15, 0.2) is 0 Å². The zero-order valence-electron chi connectivity index (χ0n) is 21.2. The molecule has 1 heterocycles. The van der Waals surface area contributed by atoms with Crippen LogP contribution in [0.5, 0.6) is 11.6 Å². The summed E-state index contributed by atoms with van der Waals surface area (Å²) in [6.07, 6.45) is 0.441. The van der Waals surface area contributed by atoms with Crippen molar-refractivity contribution in [3.63, 3.8) is 0 Å². The Morgan fingerprint density at radius 2 is 1.71 bits per heavy atom. The molecule has 184 valence electrons. The molecule has 0 aliphatic heterocycles. The summed E-state index contributed by atoms with van der Waals surface area (Å²) in [5.74, 6) is 1.93. The maximum atomic E-state index is 10.6. The minimum Gasteiger partial charge on any atom is -0.439 e. The summed E-state index contributed by atoms with van der Waals surface area (Å²) in [7, 11) is 0. The molecule has 0 radical (unpaired) electrons. The zero-order chi connectivity index (χ0) is 24.5. The number of aliphatic hydroxyl groups is 1. The van der Waals surface area contributed by atoms with E-state index in [0.29, 0.717) is 38.1 Å². The average molecular weight is 466 g/mol. The van der Waals surface area contributed by atoms with Crippen LogP contribution in [0.4, 0.5) is 0 Å². The molecule has 6 nitrogen and oxygen atoms in total. The standard InChI is InChI=1S/C28H39N3O3/c1-6-16-30(17-25(32)20-33-19-21(2)3)18-27-23(5)29-31(24-10-8-7-9-11-24)28(27)34-26-14-12-22(4)13-15-26/h7-15,21,25,32H,6,16-20H2,1-5H3/t25-/m0/s1. The zero-order valence-corrected chi connectivity index (χ0v) is 21.2. The van der Waals surface area contributed by atoms with E-state index in [-0.39, 0.29) is 0 Å². The van der Waals surface area contributed by atoms with Crippen molar-refractivity contribution in [3.05, 3.63) is 71.4 Å². The Kier molecular flexibility index (Phi) is 9.69. The fourth-order valence-electron chi connectivity index (χ4n) is 3.85. The van der Waals surface area contributed by atoms with E-state index in [4.69, 9.17) is 14.6 Å². The normalized spacial score (nSPS) is 12.5. The number of hydrogen-bond acceptors (Lipinski definition) is 5. The van der Waals surface area contributed by atoms with E-state index in [1.807, 2.05) is 66.2 Å². The van der Waals surface area contributed by atoms with Crippen LogP contribution in [0, 0.1) is 19.8 Å². The Labute approximate surface area is 204 Å². The summed E-state index contributed by atoms with van der Waals surface area (Å²) in [6, 6.07) is 18.1. The molecular weight excluding hydrogens is 426 g/mol. The lowest BCUT2D eigenvalue weighted by Gasteiger charge is -2.25. The SMILES string of the molecule is CCCN(Cc1c(C)nn(-c2ccccc2)c1Oc1ccc(C)cc1)C[C@H](O)COCC(C)C. The number of aliphatic hydroxyl groups excluding tert-OH is 1. The van der Waals surface area contributed by atoms with Crippen LogP contribution in [0.2, 0.25) is 0 Å². The van der Waals surface area contributed by atoms with Gasteiger partial charge in [0.1, 0.15) is 5.75 Å². The Hall–Kier alpha value is -2.67. The van der Waals surface area contributed by atoms with Crippen LogP contribution in [0.3, 0.4) is 0 Å². The molecule has 0 fully saturated rings. The van der Waals surface area contributed by atoms with Crippen LogP contribution < -0.4 is 4.74 Å². The Bertz CT molecular complexity index is 1000. The Morgan fingerprint density at radius 1 is 1.00 bits per heavy atom. The van der Waals surface area contributed by atoms with Gasteiger partial charge in [-0.25, -0.2) is 4.68 Å². The first-order valence-corrected chi connectivity index (χ1v) is 12.2. The lowest BCUT2D eigenvalue weighted by molar-refractivity contribution is 0.00681. The molecule has 0 bridgehead atoms. The third-order valence-corrected chi connectivity index (χ3v) is 5.53. The fourth-order valence-corrected chi connectivity index (χ4v) is 3.85. The molecule has 1 atom stereocenters. The average Bonchev–Trinajstić information content (AvgIpc) is 3.11. The van der Waals surface area contributed by atoms with E-state index >= 15 is 0 Å². The van der Waals surface area contributed by atoms with Crippen LogP contribution in [-0.2, 0) is 11.3 Å². The second kappa shape index (κ2) is 12.7. The van der Waals surface area contributed by atoms with Gasteiger partial charge < -0.3 is 14.6 Å². The molecule has 0 aliphatic rings. The highest BCUT2D eigenvalue weighted by Crippen LogP contribution is 2.32. The topological polar surface area (TPSA) is 59.8 Å². The van der Waals surface area contributed by atoms with Gasteiger partial charge in [-0.1, -0.05) is 56.7 Å². The maximum Gasteiger partial charge on any atom is 0.227 e. The van der Waals surface area contributed by atoms with E-state index < -0.39 is 6.10 Å². The van der Waals surface area contributed by atoms with Gasteiger partial charge in [0, 0.05) is 19.7 Å². The third kappa shape index (κ3) is 7.42. The molecule has 2 aromatic carbocycles. The van der Waals surface area contributed by atoms with Gasteiger partial charge in [-0.3, -0.25) is 4.90 Å². The third-order valence-electron chi connectivity index (χ3n) is 5.53. The van der Waals surface area contributed by atoms with Crippen molar-refractivity contribution >= 4 is 0 Å². The first-order chi connectivity index (χ1) is 16.4. The lowest BCUT2D eigenvalue weighted by atomic mass is 10.2. The molecule has 1 N–H and O–H groups in total. The van der Waals surface area contributed by atoms with Gasteiger partial charge in [-0.05, 0) is 57.0 Å². The van der Waals surface area contributed by atoms with Gasteiger partial charge in [0.25, 0.3) is 0 Å². The van der Waals surface area contributed by atoms with E-state index in [2.05, 4.69) is 32.6 Å². The van der Waals surface area contributed by atoms with Gasteiger partial charge in [0.05, 0.1) is 29.7 Å². The molecule has 3 aromatic rings.